The quantitative estimate of drug-likeness (QED) is 0.519. The van der Waals surface area contributed by atoms with Gasteiger partial charge in [-0.25, -0.2) is 0 Å². The second kappa shape index (κ2) is 8.39. The Bertz CT molecular complexity index is 622. The van der Waals surface area contributed by atoms with E-state index in [2.05, 4.69) is 13.8 Å². The van der Waals surface area contributed by atoms with Crippen LogP contribution in [0.1, 0.15) is 91.4 Å². The number of hydrogen-bond acceptors (Lipinski definition) is 4. The number of fused-ring (bicyclic) bond motifs is 5. The predicted molar refractivity (Wildman–Crippen MR) is 106 cm³/mol. The summed E-state index contributed by atoms with van der Waals surface area (Å²) in [6.45, 7) is 7.03. The van der Waals surface area contributed by atoms with E-state index in [0.29, 0.717) is 17.3 Å². The first-order valence-corrected chi connectivity index (χ1v) is 11.8. The molecule has 0 radical (unpaired) electrons. The van der Waals surface area contributed by atoms with Gasteiger partial charge in [0.05, 0.1) is 0 Å². The Kier molecular flexibility index (Phi) is 6.95. The predicted octanol–water partition coefficient (Wildman–Crippen LogP) is 0.496. The number of carboxylic acids is 1. The molecule has 0 amide bonds. The van der Waals surface area contributed by atoms with Crippen molar-refractivity contribution in [2.75, 3.05) is 0 Å². The van der Waals surface area contributed by atoms with E-state index in [1.165, 1.54) is 57.8 Å². The molecular weight excluding hydrogens is 375 g/mol. The fourth-order valence-electron chi connectivity index (χ4n) is 8.95. The van der Waals surface area contributed by atoms with Crippen LogP contribution in [0.3, 0.4) is 0 Å². The minimum atomic E-state index is -2.71. The van der Waals surface area contributed by atoms with Gasteiger partial charge in [-0.3, -0.25) is 0 Å². The number of carboxylic acid groups (broad SMARTS) is 1. The molecule has 4 aliphatic rings. The van der Waals surface area contributed by atoms with Crippen molar-refractivity contribution in [3.63, 3.8) is 0 Å². The van der Waals surface area contributed by atoms with Gasteiger partial charge in [-0.05, 0) is 97.7 Å². The van der Waals surface area contributed by atoms with E-state index in [1.807, 2.05) is 6.92 Å². The van der Waals surface area contributed by atoms with Gasteiger partial charge in [0.15, 0.2) is 0 Å². The summed E-state index contributed by atoms with van der Waals surface area (Å²) in [5.41, 5.74) is 0.743. The number of rotatable bonds is 4. The summed E-state index contributed by atoms with van der Waals surface area (Å²) in [5.74, 6) is -0.830. The first-order chi connectivity index (χ1) is 13.1. The average molecular weight is 415 g/mol. The van der Waals surface area contributed by atoms with Crippen molar-refractivity contribution in [2.45, 2.75) is 97.2 Å². The van der Waals surface area contributed by atoms with Gasteiger partial charge in [0.2, 0.25) is 5.79 Å². The Hall–Kier alpha value is 0.390. The third-order valence-electron chi connectivity index (χ3n) is 10.3. The molecule has 160 valence electrons. The molecule has 5 heteroatoms. The van der Waals surface area contributed by atoms with Crippen LogP contribution in [-0.4, -0.2) is 22.0 Å². The van der Waals surface area contributed by atoms with Crippen LogP contribution in [0.4, 0.5) is 0 Å². The molecule has 4 rings (SSSR count). The van der Waals surface area contributed by atoms with Crippen LogP contribution in [0.2, 0.25) is 0 Å². The van der Waals surface area contributed by atoms with E-state index in [1.54, 1.807) is 0 Å². The zero-order valence-electron chi connectivity index (χ0n) is 19.0. The Morgan fingerprint density at radius 3 is 2.38 bits per heavy atom. The summed E-state index contributed by atoms with van der Waals surface area (Å²) in [6.07, 6.45) is 13.1. The van der Waals surface area contributed by atoms with Gasteiger partial charge in [-0.1, -0.05) is 33.6 Å². The van der Waals surface area contributed by atoms with Crippen LogP contribution in [0.15, 0.2) is 0 Å². The minimum Gasteiger partial charge on any atom is -0.544 e. The van der Waals surface area contributed by atoms with Gasteiger partial charge in [0.1, 0.15) is 5.97 Å². The summed E-state index contributed by atoms with van der Waals surface area (Å²) in [5, 5.41) is 30.8. The zero-order chi connectivity index (χ0) is 20.3. The Labute approximate surface area is 198 Å². The normalized spacial score (nSPS) is 45.3. The van der Waals surface area contributed by atoms with Crippen molar-refractivity contribution in [3.8, 4) is 0 Å². The molecular formula is C24H39NaO4. The molecule has 4 saturated carbocycles. The van der Waals surface area contributed by atoms with Crippen LogP contribution in [0.25, 0.3) is 0 Å². The molecule has 29 heavy (non-hydrogen) atoms. The smallest absolute Gasteiger partial charge is 0.544 e. The van der Waals surface area contributed by atoms with Gasteiger partial charge >= 0.3 is 29.6 Å². The van der Waals surface area contributed by atoms with Crippen molar-refractivity contribution in [3.05, 3.63) is 0 Å². The molecule has 8 atom stereocenters. The van der Waals surface area contributed by atoms with Crippen molar-refractivity contribution in [1.82, 2.24) is 0 Å². The molecule has 4 nitrogen and oxygen atoms in total. The summed E-state index contributed by atoms with van der Waals surface area (Å²) in [6, 6.07) is 0. The van der Waals surface area contributed by atoms with Gasteiger partial charge < -0.3 is 20.1 Å². The molecule has 0 heterocycles. The minimum absolute atomic E-state index is 0. The van der Waals surface area contributed by atoms with Crippen molar-refractivity contribution in [2.24, 2.45) is 46.3 Å². The molecule has 4 aliphatic carbocycles. The standard InChI is InChI=1S/C24H40O4.Na/c1-15(14-24(27,28)21(25)26)18-9-10-19-17-8-7-16-6-4-5-12-22(16,2)20(17)11-13-23(18,19)3;/h15-20,27-28H,4-14H2,1-3H3,(H,25,26);/q;+1/p-1/t15-,16?,17+,18-,19+,20+,22+,23-;/m1./s1. The summed E-state index contributed by atoms with van der Waals surface area (Å²) >= 11 is 0. The molecule has 4 fully saturated rings. The van der Waals surface area contributed by atoms with E-state index in [9.17, 15) is 20.1 Å². The summed E-state index contributed by atoms with van der Waals surface area (Å²) in [7, 11) is 0. The number of aliphatic hydroxyl groups is 2. The van der Waals surface area contributed by atoms with Crippen molar-refractivity contribution in [1.29, 1.82) is 0 Å². The molecule has 1 unspecified atom stereocenters. The monoisotopic (exact) mass is 414 g/mol. The summed E-state index contributed by atoms with van der Waals surface area (Å²) < 4.78 is 0. The maximum absolute atomic E-state index is 11.1. The van der Waals surface area contributed by atoms with E-state index in [-0.39, 0.29) is 47.3 Å². The van der Waals surface area contributed by atoms with Gasteiger partial charge in [-0.2, -0.15) is 0 Å². The molecule has 0 spiro atoms. The number of hydrogen-bond donors (Lipinski definition) is 2. The Morgan fingerprint density at radius 2 is 1.69 bits per heavy atom. The largest absolute Gasteiger partial charge is 1.00 e. The van der Waals surface area contributed by atoms with Crippen LogP contribution in [0.5, 0.6) is 0 Å². The van der Waals surface area contributed by atoms with Crippen LogP contribution < -0.4 is 34.7 Å². The van der Waals surface area contributed by atoms with E-state index >= 15 is 0 Å². The third kappa shape index (κ3) is 3.88. The molecule has 0 aliphatic heterocycles. The van der Waals surface area contributed by atoms with E-state index in [0.717, 1.165) is 24.2 Å². The molecule has 0 aromatic heterocycles. The van der Waals surface area contributed by atoms with Crippen LogP contribution in [0, 0.1) is 46.3 Å². The Morgan fingerprint density at radius 1 is 1.00 bits per heavy atom. The van der Waals surface area contributed by atoms with Gasteiger partial charge in [0.25, 0.3) is 0 Å². The second-order valence-corrected chi connectivity index (χ2v) is 11.4. The zero-order valence-corrected chi connectivity index (χ0v) is 21.0. The molecule has 0 saturated heterocycles. The average Bonchev–Trinajstić information content (AvgIpc) is 2.98. The number of carbonyl (C=O) groups is 1. The third-order valence-corrected chi connectivity index (χ3v) is 10.3. The topological polar surface area (TPSA) is 80.6 Å². The first-order valence-electron chi connectivity index (χ1n) is 11.8. The number of aliphatic carboxylic acids is 1. The van der Waals surface area contributed by atoms with Gasteiger partial charge in [-0.15, -0.1) is 0 Å². The van der Waals surface area contributed by atoms with E-state index < -0.39 is 11.8 Å². The molecule has 2 N–H and O–H groups in total. The first kappa shape index (κ1) is 24.0. The second-order valence-electron chi connectivity index (χ2n) is 11.4. The van der Waals surface area contributed by atoms with Crippen LogP contribution >= 0.6 is 0 Å². The van der Waals surface area contributed by atoms with Crippen LogP contribution in [-0.2, 0) is 4.79 Å². The molecule has 0 bridgehead atoms. The maximum Gasteiger partial charge on any atom is 1.00 e. The SMILES string of the molecule is C[C@H](CC(O)(O)C(=O)[O-])[C@H]1CC[C@H]2[C@@H]3CCC4CCCC[C@]4(C)[C@H]3CC[C@]12C.[Na+]. The molecule has 0 aromatic rings. The van der Waals surface area contributed by atoms with Crippen molar-refractivity contribution < 1.29 is 49.7 Å². The Balaban J connectivity index is 0.00000240. The summed E-state index contributed by atoms with van der Waals surface area (Å²) in [4.78, 5) is 11.1. The van der Waals surface area contributed by atoms with E-state index in [4.69, 9.17) is 0 Å². The number of carbonyl (C=O) groups excluding carboxylic acids is 1. The fraction of sp³-hybridized carbons (Fsp3) is 0.958. The van der Waals surface area contributed by atoms with Crippen molar-refractivity contribution >= 4 is 5.97 Å². The van der Waals surface area contributed by atoms with Gasteiger partial charge in [0, 0.05) is 6.42 Å². The maximum atomic E-state index is 11.1. The fourth-order valence-corrected chi connectivity index (χ4v) is 8.95. The molecule has 0 aromatic carbocycles.